The Morgan fingerprint density at radius 2 is 1.97 bits per heavy atom. The molecule has 1 unspecified atom stereocenters. The maximum absolute atomic E-state index is 12.7. The number of pyridine rings is 3. The Kier molecular flexibility index (Phi) is 6.59. The molecule has 194 valence electrons. The van der Waals surface area contributed by atoms with Crippen LogP contribution >= 0.6 is 11.6 Å². The first-order valence-corrected chi connectivity index (χ1v) is 14.5. The number of anilines is 1. The number of nitrogens with one attached hydrogen (secondary N) is 2. The summed E-state index contributed by atoms with van der Waals surface area (Å²) in [6.45, 7) is 3.14. The van der Waals surface area contributed by atoms with Gasteiger partial charge >= 0.3 is 0 Å². The molecule has 4 heterocycles. The van der Waals surface area contributed by atoms with Gasteiger partial charge in [-0.05, 0) is 61.4 Å². The first-order valence-electron chi connectivity index (χ1n) is 12.5. The number of piperazine rings is 1. The highest BCUT2D eigenvalue weighted by Crippen LogP contribution is 2.38. The molecule has 6 rings (SSSR count). The summed E-state index contributed by atoms with van der Waals surface area (Å²) in [5.41, 5.74) is 3.75. The molecule has 0 radical (unpaired) electrons. The van der Waals surface area contributed by atoms with Crippen molar-refractivity contribution in [2.45, 2.75) is 29.8 Å². The Hall–Kier alpha value is -3.40. The number of halogens is 1. The number of carbonyl (C=O) groups excluding carboxylic acids is 1. The number of nitrogens with zero attached hydrogens (tertiary/aromatic N) is 4. The van der Waals surface area contributed by atoms with Gasteiger partial charge in [-0.25, -0.2) is 9.97 Å². The third-order valence-corrected chi connectivity index (χ3v) is 8.51. The van der Waals surface area contributed by atoms with Gasteiger partial charge in [-0.1, -0.05) is 17.7 Å². The van der Waals surface area contributed by atoms with E-state index >= 15 is 0 Å². The van der Waals surface area contributed by atoms with Crippen LogP contribution in [0.3, 0.4) is 0 Å². The van der Waals surface area contributed by atoms with Crippen LogP contribution in [0.4, 0.5) is 5.82 Å². The molecule has 8 nitrogen and oxygen atoms in total. The van der Waals surface area contributed by atoms with Crippen LogP contribution in [-0.4, -0.2) is 56.5 Å². The molecule has 38 heavy (non-hydrogen) atoms. The number of fused-ring (bicyclic) bond motifs is 1. The zero-order valence-corrected chi connectivity index (χ0v) is 22.5. The number of hydrogen-bond acceptors (Lipinski definition) is 7. The van der Waals surface area contributed by atoms with E-state index in [-0.39, 0.29) is 18.0 Å². The van der Waals surface area contributed by atoms with Crippen molar-refractivity contribution < 1.29 is 9.00 Å². The molecule has 1 spiro atoms. The fraction of sp³-hybridized carbons (Fsp3) is 0.286. The fourth-order valence-corrected chi connectivity index (χ4v) is 5.89. The largest absolute Gasteiger partial charge is 0.353 e. The molecular weight excluding hydrogens is 520 g/mol. The van der Waals surface area contributed by atoms with Crippen molar-refractivity contribution in [2.24, 2.45) is 0 Å². The van der Waals surface area contributed by atoms with Crippen LogP contribution in [0.1, 0.15) is 28.9 Å². The van der Waals surface area contributed by atoms with E-state index in [1.165, 1.54) is 19.1 Å². The average molecular weight is 547 g/mol. The van der Waals surface area contributed by atoms with Crippen molar-refractivity contribution in [2.75, 3.05) is 30.8 Å². The average Bonchev–Trinajstić information content (AvgIpc) is 3.69. The summed E-state index contributed by atoms with van der Waals surface area (Å²) in [5.74, 6) is 0.687. The third-order valence-electron chi connectivity index (χ3n) is 7.11. The van der Waals surface area contributed by atoms with Gasteiger partial charge in [0.2, 0.25) is 0 Å². The normalized spacial score (nSPS) is 16.9. The molecule has 2 aliphatic rings. The van der Waals surface area contributed by atoms with E-state index in [0.29, 0.717) is 21.2 Å². The van der Waals surface area contributed by atoms with Gasteiger partial charge in [-0.2, -0.15) is 0 Å². The molecule has 1 saturated carbocycles. The van der Waals surface area contributed by atoms with Gasteiger partial charge in [0.25, 0.3) is 5.91 Å². The zero-order chi connectivity index (χ0) is 26.3. The summed E-state index contributed by atoms with van der Waals surface area (Å²) in [7, 11) is -1.29. The monoisotopic (exact) mass is 546 g/mol. The molecule has 4 aromatic rings. The number of rotatable bonds is 6. The number of benzene rings is 1. The van der Waals surface area contributed by atoms with Crippen LogP contribution in [-0.2, 0) is 17.3 Å². The van der Waals surface area contributed by atoms with Gasteiger partial charge in [0.1, 0.15) is 5.82 Å². The standard InChI is InChI=1S/C28H27ClN6O2S/c1-38(37)25-13-18(5-7-21(25)29)27(36)31-16-20-14-24-19(15-30-20)6-8-23(33-24)22-3-2-4-26(34-22)35-12-11-32-28(17-35)9-10-28/h2-8,13-15,32H,9-12,16-17H2,1H3,(H,31,36). The highest BCUT2D eigenvalue weighted by molar-refractivity contribution is 7.84. The van der Waals surface area contributed by atoms with Gasteiger partial charge in [0.15, 0.2) is 0 Å². The van der Waals surface area contributed by atoms with E-state index in [1.54, 1.807) is 24.4 Å². The Labute approximate surface area is 228 Å². The molecule has 1 aliphatic carbocycles. The molecule has 1 atom stereocenters. The molecule has 1 amide bonds. The number of hydrogen-bond donors (Lipinski definition) is 2. The van der Waals surface area contributed by atoms with Gasteiger partial charge in [-0.15, -0.1) is 0 Å². The van der Waals surface area contributed by atoms with E-state index in [2.05, 4.69) is 26.6 Å². The SMILES string of the molecule is CS(=O)c1cc(C(=O)NCc2cc3nc(-c4cccc(N5CCNC6(CC6)C5)n4)ccc3cn2)ccc1Cl. The summed E-state index contributed by atoms with van der Waals surface area (Å²) < 4.78 is 11.9. The van der Waals surface area contributed by atoms with E-state index in [0.717, 1.165) is 47.7 Å². The maximum Gasteiger partial charge on any atom is 0.251 e. The third kappa shape index (κ3) is 5.14. The maximum atomic E-state index is 12.7. The van der Waals surface area contributed by atoms with Gasteiger partial charge in [0.05, 0.1) is 49.9 Å². The van der Waals surface area contributed by atoms with Crippen molar-refractivity contribution in [1.82, 2.24) is 25.6 Å². The number of aromatic nitrogens is 3. The van der Waals surface area contributed by atoms with Crippen molar-refractivity contribution in [3.05, 3.63) is 77.1 Å². The molecule has 1 aromatic carbocycles. The smallest absolute Gasteiger partial charge is 0.251 e. The Bertz CT molecular complexity index is 1570. The summed E-state index contributed by atoms with van der Waals surface area (Å²) in [4.78, 5) is 29.8. The Morgan fingerprint density at radius 1 is 1.13 bits per heavy atom. The van der Waals surface area contributed by atoms with Gasteiger partial charge in [-0.3, -0.25) is 14.0 Å². The molecule has 1 aliphatic heterocycles. The summed E-state index contributed by atoms with van der Waals surface area (Å²) in [6.07, 6.45) is 5.75. The lowest BCUT2D eigenvalue weighted by molar-refractivity contribution is 0.0950. The van der Waals surface area contributed by atoms with E-state index in [4.69, 9.17) is 21.6 Å². The summed E-state index contributed by atoms with van der Waals surface area (Å²) >= 11 is 6.09. The molecule has 10 heteroatoms. The van der Waals surface area contributed by atoms with Crippen LogP contribution < -0.4 is 15.5 Å². The fourth-order valence-electron chi connectivity index (χ4n) is 4.81. The van der Waals surface area contributed by atoms with Crippen LogP contribution in [0.2, 0.25) is 5.02 Å². The molecule has 2 fully saturated rings. The van der Waals surface area contributed by atoms with Crippen LogP contribution in [0.25, 0.3) is 22.3 Å². The second-order valence-electron chi connectivity index (χ2n) is 9.86. The Morgan fingerprint density at radius 3 is 2.79 bits per heavy atom. The first-order chi connectivity index (χ1) is 18.4. The van der Waals surface area contributed by atoms with Crippen molar-refractivity contribution in [1.29, 1.82) is 0 Å². The highest BCUT2D eigenvalue weighted by atomic mass is 35.5. The number of amides is 1. The predicted octanol–water partition coefficient (Wildman–Crippen LogP) is 3.95. The molecule has 3 aromatic heterocycles. The lowest BCUT2D eigenvalue weighted by Crippen LogP contribution is -2.52. The minimum Gasteiger partial charge on any atom is -0.353 e. The van der Waals surface area contributed by atoms with E-state index in [9.17, 15) is 9.00 Å². The van der Waals surface area contributed by atoms with Gasteiger partial charge < -0.3 is 15.5 Å². The van der Waals surface area contributed by atoms with Crippen molar-refractivity contribution >= 4 is 45.0 Å². The molecule has 2 N–H and O–H groups in total. The Balaban J connectivity index is 1.19. The molecule has 0 bridgehead atoms. The minimum atomic E-state index is -1.29. The van der Waals surface area contributed by atoms with Crippen LogP contribution in [0, 0.1) is 0 Å². The minimum absolute atomic E-state index is 0.229. The van der Waals surface area contributed by atoms with Crippen LogP contribution in [0.15, 0.2) is 65.7 Å². The van der Waals surface area contributed by atoms with Crippen molar-refractivity contribution in [3.8, 4) is 11.4 Å². The molecular formula is C28H27ClN6O2S. The summed E-state index contributed by atoms with van der Waals surface area (Å²) in [5, 5.41) is 7.80. The van der Waals surface area contributed by atoms with E-state index < -0.39 is 10.8 Å². The first kappa shape index (κ1) is 24.9. The predicted molar refractivity (Wildman–Crippen MR) is 150 cm³/mol. The molecule has 1 saturated heterocycles. The van der Waals surface area contributed by atoms with E-state index in [1.807, 2.05) is 30.3 Å². The lowest BCUT2D eigenvalue weighted by atomic mass is 10.1. The van der Waals surface area contributed by atoms with Gasteiger partial charge in [0, 0.05) is 48.6 Å². The highest BCUT2D eigenvalue weighted by Gasteiger charge is 2.45. The second-order valence-corrected chi connectivity index (χ2v) is 11.6. The lowest BCUT2D eigenvalue weighted by Gasteiger charge is -2.35. The quantitative estimate of drug-likeness (QED) is 0.377. The van der Waals surface area contributed by atoms with Crippen molar-refractivity contribution in [3.63, 3.8) is 0 Å². The summed E-state index contributed by atoms with van der Waals surface area (Å²) in [6, 6.07) is 16.7. The topological polar surface area (TPSA) is 100 Å². The number of carbonyl (C=O) groups is 1. The van der Waals surface area contributed by atoms with Crippen LogP contribution in [0.5, 0.6) is 0 Å². The zero-order valence-electron chi connectivity index (χ0n) is 20.9. The second kappa shape index (κ2) is 10.1.